The molecule has 0 radical (unpaired) electrons. The topological polar surface area (TPSA) is 45.2 Å². The van der Waals surface area contributed by atoms with Gasteiger partial charge >= 0.3 is 0 Å². The molecule has 1 N–H and O–H groups in total. The normalized spacial score (nSPS) is 17.6. The van der Waals surface area contributed by atoms with Crippen LogP contribution in [0.25, 0.3) is 0 Å². The highest BCUT2D eigenvalue weighted by Gasteiger charge is 2.32. The van der Waals surface area contributed by atoms with Crippen molar-refractivity contribution in [2.24, 2.45) is 11.8 Å². The molecule has 0 atom stereocenters. The number of carbonyl (C=O) groups is 1. The summed E-state index contributed by atoms with van der Waals surface area (Å²) in [5.74, 6) is 1.65. The minimum Gasteiger partial charge on any atom is -0.383 e. The maximum absolute atomic E-state index is 12.9. The van der Waals surface area contributed by atoms with Crippen molar-refractivity contribution in [3.05, 3.63) is 24.0 Å². The Kier molecular flexibility index (Phi) is 4.42. The zero-order valence-electron chi connectivity index (χ0n) is 12.8. The zero-order chi connectivity index (χ0) is 14.7. The summed E-state index contributed by atoms with van der Waals surface area (Å²) < 4.78 is 0. The molecule has 2 aliphatic carbocycles. The molecule has 3 rings (SSSR count). The van der Waals surface area contributed by atoms with E-state index in [1.165, 1.54) is 25.7 Å². The van der Waals surface area contributed by atoms with E-state index >= 15 is 0 Å². The molecule has 0 bridgehead atoms. The van der Waals surface area contributed by atoms with Gasteiger partial charge in [0.2, 0.25) is 0 Å². The van der Waals surface area contributed by atoms with Crippen LogP contribution >= 0.6 is 0 Å². The number of nitrogens with one attached hydrogen (secondary N) is 1. The molecule has 2 aliphatic rings. The molecule has 2 saturated carbocycles. The highest BCUT2D eigenvalue weighted by Crippen LogP contribution is 2.34. The Labute approximate surface area is 126 Å². The van der Waals surface area contributed by atoms with Crippen LogP contribution in [0.5, 0.6) is 0 Å². The summed E-state index contributed by atoms with van der Waals surface area (Å²) >= 11 is 0. The molecule has 21 heavy (non-hydrogen) atoms. The number of rotatable bonds is 8. The van der Waals surface area contributed by atoms with Crippen LogP contribution in [0.4, 0.5) is 5.69 Å². The fourth-order valence-electron chi connectivity index (χ4n) is 2.62. The predicted octanol–water partition coefficient (Wildman–Crippen LogP) is 3.17. The first-order valence-electron chi connectivity index (χ1n) is 8.25. The lowest BCUT2D eigenvalue weighted by molar-refractivity contribution is 0.0740. The second kappa shape index (κ2) is 6.46. The Balaban J connectivity index is 1.73. The Bertz CT molecular complexity index is 481. The van der Waals surface area contributed by atoms with Crippen LogP contribution in [0.1, 0.15) is 49.4 Å². The fraction of sp³-hybridized carbons (Fsp3) is 0.647. The van der Waals surface area contributed by atoms with Gasteiger partial charge in [-0.1, -0.05) is 6.92 Å². The average Bonchev–Trinajstić information content (AvgIpc) is 3.39. The molecular weight excluding hydrogens is 262 g/mol. The average molecular weight is 287 g/mol. The van der Waals surface area contributed by atoms with E-state index in [4.69, 9.17) is 0 Å². The van der Waals surface area contributed by atoms with E-state index in [0.29, 0.717) is 0 Å². The van der Waals surface area contributed by atoms with Crippen LogP contribution in [-0.2, 0) is 0 Å². The van der Waals surface area contributed by atoms with E-state index in [1.807, 2.05) is 6.07 Å². The van der Waals surface area contributed by atoms with E-state index < -0.39 is 0 Å². The van der Waals surface area contributed by atoms with E-state index in [0.717, 1.165) is 49.1 Å². The van der Waals surface area contributed by atoms with Gasteiger partial charge in [-0.05, 0) is 50.0 Å². The van der Waals surface area contributed by atoms with Crippen LogP contribution in [0.15, 0.2) is 18.5 Å². The summed E-state index contributed by atoms with van der Waals surface area (Å²) in [7, 11) is 0. The molecule has 0 unspecified atom stereocenters. The maximum Gasteiger partial charge on any atom is 0.256 e. The number of amides is 1. The molecule has 1 aromatic heterocycles. The van der Waals surface area contributed by atoms with Crippen LogP contribution < -0.4 is 5.32 Å². The Morgan fingerprint density at radius 1 is 1.29 bits per heavy atom. The lowest BCUT2D eigenvalue weighted by Crippen LogP contribution is -2.35. The molecule has 1 heterocycles. The molecule has 1 amide bonds. The van der Waals surface area contributed by atoms with Crippen molar-refractivity contribution in [1.82, 2.24) is 9.88 Å². The molecular formula is C17H25N3O. The number of hydrogen-bond acceptors (Lipinski definition) is 3. The van der Waals surface area contributed by atoms with Crippen LogP contribution in [0.3, 0.4) is 0 Å². The number of pyridine rings is 1. The predicted molar refractivity (Wildman–Crippen MR) is 84.4 cm³/mol. The lowest BCUT2D eigenvalue weighted by atomic mass is 10.1. The van der Waals surface area contributed by atoms with Crippen LogP contribution in [0.2, 0.25) is 0 Å². The van der Waals surface area contributed by atoms with Crippen molar-refractivity contribution in [2.75, 3.05) is 25.0 Å². The van der Waals surface area contributed by atoms with Gasteiger partial charge in [0.05, 0.1) is 17.4 Å². The smallest absolute Gasteiger partial charge is 0.256 e. The van der Waals surface area contributed by atoms with Crippen LogP contribution in [-0.4, -0.2) is 35.4 Å². The number of anilines is 1. The number of aromatic nitrogens is 1. The van der Waals surface area contributed by atoms with Crippen molar-refractivity contribution in [3.8, 4) is 0 Å². The highest BCUT2D eigenvalue weighted by molar-refractivity contribution is 5.99. The van der Waals surface area contributed by atoms with Gasteiger partial charge in [0.15, 0.2) is 0 Å². The maximum atomic E-state index is 12.9. The standard InChI is InChI=1S/C17H25N3O/c1-2-8-19-16-10-18-9-7-15(16)17(21)20(11-13-3-4-13)12-14-5-6-14/h7,9-10,13-14,19H,2-6,8,11-12H2,1H3. The molecule has 4 heteroatoms. The summed E-state index contributed by atoms with van der Waals surface area (Å²) in [5, 5.41) is 3.33. The Morgan fingerprint density at radius 3 is 2.52 bits per heavy atom. The van der Waals surface area contributed by atoms with E-state index in [2.05, 4.69) is 22.1 Å². The highest BCUT2D eigenvalue weighted by atomic mass is 16.2. The third kappa shape index (κ3) is 3.96. The third-order valence-electron chi connectivity index (χ3n) is 4.26. The van der Waals surface area contributed by atoms with Gasteiger partial charge in [-0.2, -0.15) is 0 Å². The summed E-state index contributed by atoms with van der Waals surface area (Å²) in [6.07, 6.45) is 9.66. The minimum absolute atomic E-state index is 0.176. The first-order valence-corrected chi connectivity index (χ1v) is 8.25. The quantitative estimate of drug-likeness (QED) is 0.799. The van der Waals surface area contributed by atoms with E-state index in [1.54, 1.807) is 12.4 Å². The molecule has 0 saturated heterocycles. The molecule has 0 aliphatic heterocycles. The number of carbonyl (C=O) groups excluding carboxylic acids is 1. The Morgan fingerprint density at radius 2 is 1.95 bits per heavy atom. The summed E-state index contributed by atoms with van der Waals surface area (Å²) in [5.41, 5.74) is 1.65. The molecule has 114 valence electrons. The Hall–Kier alpha value is -1.58. The van der Waals surface area contributed by atoms with E-state index in [9.17, 15) is 4.79 Å². The molecule has 1 aromatic rings. The molecule has 2 fully saturated rings. The van der Waals surface area contributed by atoms with Crippen molar-refractivity contribution in [1.29, 1.82) is 0 Å². The monoisotopic (exact) mass is 287 g/mol. The molecule has 4 nitrogen and oxygen atoms in total. The first-order chi connectivity index (χ1) is 10.3. The summed E-state index contributed by atoms with van der Waals surface area (Å²) in [6, 6.07) is 1.85. The van der Waals surface area contributed by atoms with Crippen LogP contribution in [0, 0.1) is 11.8 Å². The largest absolute Gasteiger partial charge is 0.383 e. The summed E-state index contributed by atoms with van der Waals surface area (Å²) in [6.45, 7) is 4.87. The first kappa shape index (κ1) is 14.4. The van der Waals surface area contributed by atoms with Gasteiger partial charge in [-0.25, -0.2) is 0 Å². The lowest BCUT2D eigenvalue weighted by Gasteiger charge is -2.24. The van der Waals surface area contributed by atoms with Gasteiger partial charge in [0, 0.05) is 25.8 Å². The third-order valence-corrected chi connectivity index (χ3v) is 4.26. The van der Waals surface area contributed by atoms with Gasteiger partial charge < -0.3 is 10.2 Å². The number of nitrogens with zero attached hydrogens (tertiary/aromatic N) is 2. The summed E-state index contributed by atoms with van der Waals surface area (Å²) in [4.78, 5) is 19.2. The van der Waals surface area contributed by atoms with Gasteiger partial charge in [0.1, 0.15) is 0 Å². The van der Waals surface area contributed by atoms with Crippen molar-refractivity contribution in [3.63, 3.8) is 0 Å². The fourth-order valence-corrected chi connectivity index (χ4v) is 2.62. The second-order valence-corrected chi connectivity index (χ2v) is 6.44. The minimum atomic E-state index is 0.176. The molecule has 0 spiro atoms. The SMILES string of the molecule is CCCNc1cnccc1C(=O)N(CC1CC1)CC1CC1. The number of hydrogen-bond donors (Lipinski definition) is 1. The molecule has 0 aromatic carbocycles. The van der Waals surface area contributed by atoms with Gasteiger partial charge in [-0.15, -0.1) is 0 Å². The zero-order valence-corrected chi connectivity index (χ0v) is 12.8. The second-order valence-electron chi connectivity index (χ2n) is 6.44. The van der Waals surface area contributed by atoms with Gasteiger partial charge in [0.25, 0.3) is 5.91 Å². The van der Waals surface area contributed by atoms with Crippen molar-refractivity contribution in [2.45, 2.75) is 39.0 Å². The van der Waals surface area contributed by atoms with Gasteiger partial charge in [-0.3, -0.25) is 9.78 Å². The van der Waals surface area contributed by atoms with Crippen molar-refractivity contribution < 1.29 is 4.79 Å². The van der Waals surface area contributed by atoms with E-state index in [-0.39, 0.29) is 5.91 Å². The van der Waals surface area contributed by atoms with Crippen molar-refractivity contribution >= 4 is 11.6 Å².